The van der Waals surface area contributed by atoms with Crippen LogP contribution >= 0.6 is 0 Å². The molecular weight excluding hydrogens is 207 g/mol. The molecule has 1 nitrogen and oxygen atoms in total. The lowest BCUT2D eigenvalue weighted by Crippen LogP contribution is -2.24. The van der Waals surface area contributed by atoms with Gasteiger partial charge in [-0.05, 0) is 12.1 Å². The number of alkyl halides is 3. The normalized spacial score (nSPS) is 11.5. The molecule has 14 heavy (non-hydrogen) atoms. The van der Waals surface area contributed by atoms with Crippen molar-refractivity contribution in [3.05, 3.63) is 35.4 Å². The smallest absolute Gasteiger partial charge is 0.284 e. The van der Waals surface area contributed by atoms with E-state index in [0.29, 0.717) is 12.1 Å². The van der Waals surface area contributed by atoms with Crippen LogP contribution in [0.4, 0.5) is 22.0 Å². The van der Waals surface area contributed by atoms with Crippen LogP contribution in [-0.4, -0.2) is 12.0 Å². The van der Waals surface area contributed by atoms with Gasteiger partial charge in [0.05, 0.1) is 5.56 Å². The quantitative estimate of drug-likeness (QED) is 0.514. The third-order valence-corrected chi connectivity index (χ3v) is 1.45. The average molecular weight is 210 g/mol. The van der Waals surface area contributed by atoms with Gasteiger partial charge >= 0.3 is 6.18 Å². The molecule has 0 spiro atoms. The molecule has 0 aliphatic carbocycles. The zero-order valence-corrected chi connectivity index (χ0v) is 6.53. The van der Waals surface area contributed by atoms with E-state index in [2.05, 4.69) is 0 Å². The Morgan fingerprint density at radius 2 is 1.71 bits per heavy atom. The molecule has 0 aliphatic rings. The van der Waals surface area contributed by atoms with Crippen molar-refractivity contribution in [3.8, 4) is 0 Å². The highest BCUT2D eigenvalue weighted by molar-refractivity contribution is 6.00. The Hall–Kier alpha value is -1.46. The molecule has 0 aromatic heterocycles. The van der Waals surface area contributed by atoms with Gasteiger partial charge in [-0.3, -0.25) is 4.79 Å². The lowest BCUT2D eigenvalue weighted by molar-refractivity contribution is -0.0887. The summed E-state index contributed by atoms with van der Waals surface area (Å²) < 4.78 is 60.5. The summed E-state index contributed by atoms with van der Waals surface area (Å²) in [5.74, 6) is -5.66. The van der Waals surface area contributed by atoms with Gasteiger partial charge in [-0.25, -0.2) is 8.78 Å². The van der Waals surface area contributed by atoms with Gasteiger partial charge in [0.15, 0.2) is 11.6 Å². The number of hydrogen-bond acceptors (Lipinski definition) is 1. The molecule has 0 aliphatic heterocycles. The van der Waals surface area contributed by atoms with Crippen molar-refractivity contribution in [2.75, 3.05) is 0 Å². The second kappa shape index (κ2) is 3.36. The van der Waals surface area contributed by atoms with E-state index in [1.807, 2.05) is 0 Å². The molecule has 1 aromatic rings. The van der Waals surface area contributed by atoms with Crippen LogP contribution in [0.15, 0.2) is 18.2 Å². The van der Waals surface area contributed by atoms with Crippen LogP contribution in [0, 0.1) is 11.6 Å². The Morgan fingerprint density at radius 3 is 2.21 bits per heavy atom. The second-order valence-corrected chi connectivity index (χ2v) is 2.43. The van der Waals surface area contributed by atoms with Crippen molar-refractivity contribution in [3.63, 3.8) is 0 Å². The summed E-state index contributed by atoms with van der Waals surface area (Å²) >= 11 is 0. The number of hydrogen-bond donors (Lipinski definition) is 0. The van der Waals surface area contributed by atoms with Crippen LogP contribution in [0.2, 0.25) is 0 Å². The molecule has 1 aromatic carbocycles. The van der Waals surface area contributed by atoms with E-state index in [0.717, 1.165) is 6.07 Å². The molecule has 0 atom stereocenters. The molecule has 0 fully saturated rings. The molecule has 76 valence electrons. The number of halogens is 5. The van der Waals surface area contributed by atoms with E-state index in [1.54, 1.807) is 0 Å². The number of carbonyl (C=O) groups excluding carboxylic acids is 1. The maximum atomic E-state index is 12.7. The largest absolute Gasteiger partial charge is 0.454 e. The highest BCUT2D eigenvalue weighted by Gasteiger charge is 2.41. The van der Waals surface area contributed by atoms with E-state index in [-0.39, 0.29) is 0 Å². The zero-order valence-electron chi connectivity index (χ0n) is 6.53. The van der Waals surface area contributed by atoms with Gasteiger partial charge in [0.25, 0.3) is 5.78 Å². The standard InChI is InChI=1S/C8H3F5O/c9-5-3-1-2-4(6(5)10)7(14)8(11,12)13/h1-3H. The fourth-order valence-electron chi connectivity index (χ4n) is 0.832. The van der Waals surface area contributed by atoms with E-state index >= 15 is 0 Å². The van der Waals surface area contributed by atoms with Gasteiger partial charge in [-0.15, -0.1) is 0 Å². The summed E-state index contributed by atoms with van der Waals surface area (Å²) in [6.07, 6.45) is -5.20. The van der Waals surface area contributed by atoms with Crippen molar-refractivity contribution < 1.29 is 26.7 Å². The lowest BCUT2D eigenvalue weighted by Gasteiger charge is -2.05. The number of rotatable bonds is 1. The predicted molar refractivity (Wildman–Crippen MR) is 36.7 cm³/mol. The predicted octanol–water partition coefficient (Wildman–Crippen LogP) is 2.71. The second-order valence-electron chi connectivity index (χ2n) is 2.43. The van der Waals surface area contributed by atoms with Crippen LogP contribution in [0.1, 0.15) is 10.4 Å². The fourth-order valence-corrected chi connectivity index (χ4v) is 0.832. The molecule has 0 N–H and O–H groups in total. The Morgan fingerprint density at radius 1 is 1.14 bits per heavy atom. The van der Waals surface area contributed by atoms with Crippen LogP contribution < -0.4 is 0 Å². The molecule has 0 saturated heterocycles. The highest BCUT2D eigenvalue weighted by atomic mass is 19.4. The number of Topliss-reactive ketones (excluding diaryl/α,β-unsaturated/α-hetero) is 1. The molecule has 0 heterocycles. The first kappa shape index (κ1) is 10.6. The van der Waals surface area contributed by atoms with E-state index in [4.69, 9.17) is 0 Å². The first-order valence-corrected chi connectivity index (χ1v) is 3.39. The monoisotopic (exact) mass is 210 g/mol. The molecular formula is C8H3F5O. The zero-order chi connectivity index (χ0) is 10.9. The summed E-state index contributed by atoms with van der Waals surface area (Å²) in [5, 5.41) is 0. The Labute approximate surface area is 75.2 Å². The van der Waals surface area contributed by atoms with Crippen LogP contribution in [-0.2, 0) is 0 Å². The Bertz CT molecular complexity index is 368. The van der Waals surface area contributed by atoms with Gasteiger partial charge in [-0.2, -0.15) is 13.2 Å². The van der Waals surface area contributed by atoms with Crippen molar-refractivity contribution in [2.45, 2.75) is 6.18 Å². The minimum absolute atomic E-state index is 0.578. The first-order valence-electron chi connectivity index (χ1n) is 3.39. The SMILES string of the molecule is O=C(c1cccc(F)c1F)C(F)(F)F. The van der Waals surface area contributed by atoms with E-state index in [1.165, 1.54) is 0 Å². The maximum Gasteiger partial charge on any atom is 0.454 e. The van der Waals surface area contributed by atoms with Crippen molar-refractivity contribution in [2.24, 2.45) is 0 Å². The van der Waals surface area contributed by atoms with Crippen LogP contribution in [0.3, 0.4) is 0 Å². The van der Waals surface area contributed by atoms with Crippen molar-refractivity contribution in [1.82, 2.24) is 0 Å². The molecule has 1 rings (SSSR count). The average Bonchev–Trinajstić information content (AvgIpc) is 2.07. The summed E-state index contributed by atoms with van der Waals surface area (Å²) in [4.78, 5) is 10.5. The molecule has 0 bridgehead atoms. The Balaban J connectivity index is 3.21. The van der Waals surface area contributed by atoms with Crippen molar-refractivity contribution >= 4 is 5.78 Å². The molecule has 0 radical (unpaired) electrons. The lowest BCUT2D eigenvalue weighted by atomic mass is 10.1. The topological polar surface area (TPSA) is 17.1 Å². The van der Waals surface area contributed by atoms with E-state index in [9.17, 15) is 26.7 Å². The van der Waals surface area contributed by atoms with Gasteiger partial charge < -0.3 is 0 Å². The number of carbonyl (C=O) groups is 1. The van der Waals surface area contributed by atoms with Gasteiger partial charge in [0.2, 0.25) is 0 Å². The maximum absolute atomic E-state index is 12.7. The van der Waals surface area contributed by atoms with Gasteiger partial charge in [0.1, 0.15) is 0 Å². The number of ketones is 1. The fraction of sp³-hybridized carbons (Fsp3) is 0.125. The molecule has 0 unspecified atom stereocenters. The number of benzene rings is 1. The molecule has 0 amide bonds. The third-order valence-electron chi connectivity index (χ3n) is 1.45. The van der Waals surface area contributed by atoms with Gasteiger partial charge in [-0.1, -0.05) is 6.07 Å². The first-order chi connectivity index (χ1) is 6.34. The Kier molecular flexibility index (Phi) is 2.55. The van der Waals surface area contributed by atoms with Gasteiger partial charge in [0, 0.05) is 0 Å². The van der Waals surface area contributed by atoms with Crippen LogP contribution in [0.5, 0.6) is 0 Å². The summed E-state index contributed by atoms with van der Waals surface area (Å²) in [6, 6.07) is 2.04. The van der Waals surface area contributed by atoms with E-state index < -0.39 is 29.2 Å². The van der Waals surface area contributed by atoms with Crippen molar-refractivity contribution in [1.29, 1.82) is 0 Å². The molecule has 6 heteroatoms. The summed E-state index contributed by atoms with van der Waals surface area (Å²) in [7, 11) is 0. The minimum atomic E-state index is -5.20. The highest BCUT2D eigenvalue weighted by Crippen LogP contribution is 2.23. The summed E-state index contributed by atoms with van der Waals surface area (Å²) in [6.45, 7) is 0. The minimum Gasteiger partial charge on any atom is -0.284 e. The molecule has 0 saturated carbocycles. The third kappa shape index (κ3) is 1.89. The van der Waals surface area contributed by atoms with Crippen LogP contribution in [0.25, 0.3) is 0 Å². The summed E-state index contributed by atoms with van der Waals surface area (Å²) in [5.41, 5.74) is -1.31.